The molecule has 9 nitrogen and oxygen atoms in total. The van der Waals surface area contributed by atoms with Crippen LogP contribution in [0.1, 0.15) is 21.5 Å². The van der Waals surface area contributed by atoms with Crippen LogP contribution in [0, 0.1) is 10.1 Å². The zero-order chi connectivity index (χ0) is 22.9. The van der Waals surface area contributed by atoms with Crippen LogP contribution in [0.5, 0.6) is 11.5 Å². The predicted octanol–water partition coefficient (Wildman–Crippen LogP) is 3.68. The molecule has 0 fully saturated rings. The molecule has 0 saturated carbocycles. The summed E-state index contributed by atoms with van der Waals surface area (Å²) in [5.41, 5.74) is 2.85. The summed E-state index contributed by atoms with van der Waals surface area (Å²) in [6.45, 7) is 0. The fourth-order valence-corrected chi connectivity index (χ4v) is 2.60. The molecule has 160 valence electrons. The number of nitrogens with one attached hydrogen (secondary N) is 1. The number of amides is 1. The molecule has 3 rings (SSSR count). The van der Waals surface area contributed by atoms with Crippen molar-refractivity contribution in [2.75, 3.05) is 0 Å². The number of phenolic OH excluding ortho intramolecular Hbond substituents is 1. The first-order chi connectivity index (χ1) is 15.4. The summed E-state index contributed by atoms with van der Waals surface area (Å²) >= 11 is 0. The first-order valence-electron chi connectivity index (χ1n) is 9.29. The lowest BCUT2D eigenvalue weighted by molar-refractivity contribution is -0.384. The molecule has 0 spiro atoms. The molecule has 0 saturated heterocycles. The van der Waals surface area contributed by atoms with Crippen molar-refractivity contribution >= 4 is 29.9 Å². The highest BCUT2D eigenvalue weighted by atomic mass is 16.6. The highest BCUT2D eigenvalue weighted by Gasteiger charge is 2.13. The van der Waals surface area contributed by atoms with Crippen molar-refractivity contribution in [2.24, 2.45) is 5.10 Å². The molecule has 0 aliphatic rings. The number of carbonyl (C=O) groups excluding carboxylic acids is 2. The van der Waals surface area contributed by atoms with Gasteiger partial charge in [-0.05, 0) is 29.8 Å². The molecule has 3 aromatic carbocycles. The number of carbonyl (C=O) groups is 2. The Labute approximate surface area is 182 Å². The highest BCUT2D eigenvalue weighted by molar-refractivity contribution is 5.97. The van der Waals surface area contributed by atoms with Gasteiger partial charge in [0.15, 0.2) is 0 Å². The molecule has 0 bridgehead atoms. The van der Waals surface area contributed by atoms with Crippen molar-refractivity contribution in [3.05, 3.63) is 106 Å². The summed E-state index contributed by atoms with van der Waals surface area (Å²) in [6.07, 6.45) is 3.89. The van der Waals surface area contributed by atoms with Crippen LogP contribution in [0.25, 0.3) is 6.08 Å². The van der Waals surface area contributed by atoms with Gasteiger partial charge in [0.2, 0.25) is 0 Å². The van der Waals surface area contributed by atoms with Gasteiger partial charge in [-0.3, -0.25) is 14.9 Å². The zero-order valence-electron chi connectivity index (χ0n) is 16.5. The maximum absolute atomic E-state index is 12.2. The van der Waals surface area contributed by atoms with E-state index in [-0.39, 0.29) is 28.3 Å². The lowest BCUT2D eigenvalue weighted by Crippen LogP contribution is -2.17. The lowest BCUT2D eigenvalue weighted by Gasteiger charge is -2.06. The molecule has 0 aromatic heterocycles. The summed E-state index contributed by atoms with van der Waals surface area (Å²) < 4.78 is 5.27. The van der Waals surface area contributed by atoms with E-state index in [4.69, 9.17) is 4.74 Å². The number of non-ortho nitro benzene ring substituents is 1. The van der Waals surface area contributed by atoms with Crippen LogP contribution in [0.3, 0.4) is 0 Å². The number of rotatable bonds is 7. The number of benzene rings is 3. The second-order valence-corrected chi connectivity index (χ2v) is 6.36. The van der Waals surface area contributed by atoms with E-state index in [2.05, 4.69) is 10.5 Å². The van der Waals surface area contributed by atoms with Gasteiger partial charge >= 0.3 is 5.97 Å². The minimum atomic E-state index is -0.699. The number of nitro groups is 1. The van der Waals surface area contributed by atoms with Gasteiger partial charge in [0, 0.05) is 23.8 Å². The molecule has 1 amide bonds. The normalized spacial score (nSPS) is 10.9. The maximum Gasteiger partial charge on any atom is 0.336 e. The van der Waals surface area contributed by atoms with Crippen LogP contribution < -0.4 is 10.2 Å². The van der Waals surface area contributed by atoms with Crippen LogP contribution in [-0.4, -0.2) is 28.1 Å². The van der Waals surface area contributed by atoms with E-state index >= 15 is 0 Å². The minimum absolute atomic E-state index is 0.00129. The van der Waals surface area contributed by atoms with Crippen molar-refractivity contribution in [3.63, 3.8) is 0 Å². The van der Waals surface area contributed by atoms with Crippen molar-refractivity contribution in [1.29, 1.82) is 0 Å². The fourth-order valence-electron chi connectivity index (χ4n) is 2.60. The molecule has 0 atom stereocenters. The van der Waals surface area contributed by atoms with Gasteiger partial charge in [-0.1, -0.05) is 42.5 Å². The molecule has 0 heterocycles. The molecular formula is C23H17N3O6. The highest BCUT2D eigenvalue weighted by Crippen LogP contribution is 2.23. The van der Waals surface area contributed by atoms with Gasteiger partial charge in [-0.2, -0.15) is 5.10 Å². The number of para-hydroxylation sites is 1. The number of esters is 1. The Bertz CT molecular complexity index is 1210. The molecule has 3 aromatic rings. The first-order valence-corrected chi connectivity index (χ1v) is 9.29. The Kier molecular flexibility index (Phi) is 7.05. The summed E-state index contributed by atoms with van der Waals surface area (Å²) in [4.78, 5) is 34.8. The Morgan fingerprint density at radius 3 is 2.47 bits per heavy atom. The van der Waals surface area contributed by atoms with E-state index < -0.39 is 16.8 Å². The predicted molar refractivity (Wildman–Crippen MR) is 117 cm³/mol. The van der Waals surface area contributed by atoms with Crippen molar-refractivity contribution in [2.45, 2.75) is 0 Å². The Morgan fingerprint density at radius 2 is 1.75 bits per heavy atom. The third-order valence-electron chi connectivity index (χ3n) is 4.14. The summed E-state index contributed by atoms with van der Waals surface area (Å²) in [7, 11) is 0. The van der Waals surface area contributed by atoms with Gasteiger partial charge in [0.1, 0.15) is 11.5 Å². The molecule has 0 unspecified atom stereocenters. The van der Waals surface area contributed by atoms with Gasteiger partial charge in [-0.25, -0.2) is 10.2 Å². The van der Waals surface area contributed by atoms with Crippen LogP contribution >= 0.6 is 0 Å². The van der Waals surface area contributed by atoms with Crippen LogP contribution in [-0.2, 0) is 4.79 Å². The fraction of sp³-hybridized carbons (Fsp3) is 0. The Hall–Kier alpha value is -4.79. The molecule has 2 N–H and O–H groups in total. The SMILES string of the molecule is O=C(/C=C/c1ccccc1)Oc1ccc([N+](=O)[O-])cc1/C=N/NC(=O)c1ccccc1O. The van der Waals surface area contributed by atoms with E-state index in [1.54, 1.807) is 30.3 Å². The second-order valence-electron chi connectivity index (χ2n) is 6.36. The minimum Gasteiger partial charge on any atom is -0.507 e. The number of nitrogens with zero attached hydrogens (tertiary/aromatic N) is 2. The van der Waals surface area contributed by atoms with E-state index in [9.17, 15) is 24.8 Å². The number of hydrazone groups is 1. The first kappa shape index (κ1) is 21.9. The molecule has 9 heteroatoms. The quantitative estimate of drug-likeness (QED) is 0.146. The Morgan fingerprint density at radius 1 is 1.03 bits per heavy atom. The number of ether oxygens (including phenoxy) is 1. The van der Waals surface area contributed by atoms with Gasteiger partial charge in [0.05, 0.1) is 16.7 Å². The monoisotopic (exact) mass is 431 g/mol. The molecule has 0 aliphatic carbocycles. The average Bonchev–Trinajstić information content (AvgIpc) is 2.79. The number of nitro benzene ring substituents is 1. The Balaban J connectivity index is 1.77. The van der Waals surface area contributed by atoms with Crippen LogP contribution in [0.4, 0.5) is 5.69 Å². The maximum atomic E-state index is 12.2. The van der Waals surface area contributed by atoms with Crippen molar-refractivity contribution in [1.82, 2.24) is 5.43 Å². The van der Waals surface area contributed by atoms with Gasteiger partial charge in [-0.15, -0.1) is 0 Å². The van der Waals surface area contributed by atoms with E-state index in [1.165, 1.54) is 30.3 Å². The summed E-state index contributed by atoms with van der Waals surface area (Å²) in [6, 6.07) is 18.6. The van der Waals surface area contributed by atoms with Gasteiger partial charge in [0.25, 0.3) is 11.6 Å². The molecular weight excluding hydrogens is 414 g/mol. The zero-order valence-corrected chi connectivity index (χ0v) is 16.5. The van der Waals surface area contributed by atoms with E-state index in [0.29, 0.717) is 0 Å². The lowest BCUT2D eigenvalue weighted by atomic mass is 10.2. The number of hydrogen-bond acceptors (Lipinski definition) is 7. The van der Waals surface area contributed by atoms with Crippen LogP contribution in [0.15, 0.2) is 84.0 Å². The largest absolute Gasteiger partial charge is 0.507 e. The third kappa shape index (κ3) is 5.86. The molecule has 0 aliphatic heterocycles. The van der Waals surface area contributed by atoms with E-state index in [0.717, 1.165) is 17.8 Å². The molecule has 0 radical (unpaired) electrons. The standard InChI is InChI=1S/C23H17N3O6/c27-20-9-5-4-8-19(20)23(29)25-24-15-17-14-18(26(30)31)11-12-21(17)32-22(28)13-10-16-6-2-1-3-7-16/h1-15,27H,(H,25,29)/b13-10+,24-15+. The smallest absolute Gasteiger partial charge is 0.336 e. The third-order valence-corrected chi connectivity index (χ3v) is 4.14. The van der Waals surface area contributed by atoms with Crippen LogP contribution in [0.2, 0.25) is 0 Å². The number of aromatic hydroxyl groups is 1. The van der Waals surface area contributed by atoms with E-state index in [1.807, 2.05) is 18.2 Å². The second kappa shape index (κ2) is 10.3. The summed E-state index contributed by atoms with van der Waals surface area (Å²) in [5.74, 6) is -1.60. The van der Waals surface area contributed by atoms with Gasteiger partial charge < -0.3 is 9.84 Å². The van der Waals surface area contributed by atoms with Crippen molar-refractivity contribution < 1.29 is 24.4 Å². The molecule has 32 heavy (non-hydrogen) atoms. The average molecular weight is 431 g/mol. The summed E-state index contributed by atoms with van der Waals surface area (Å²) in [5, 5.41) is 24.6. The number of hydrogen-bond donors (Lipinski definition) is 2. The topological polar surface area (TPSA) is 131 Å². The number of phenols is 1. The van der Waals surface area contributed by atoms with Crippen molar-refractivity contribution in [3.8, 4) is 11.5 Å².